The Hall–Kier alpha value is -1.96. The van der Waals surface area contributed by atoms with Crippen LogP contribution in [-0.4, -0.2) is 49.4 Å². The Bertz CT molecular complexity index is 723. The fourth-order valence-corrected chi connectivity index (χ4v) is 3.27. The number of benzene rings is 1. The minimum Gasteiger partial charge on any atom is -0.384 e. The molecule has 1 saturated heterocycles. The molecule has 0 unspecified atom stereocenters. The van der Waals surface area contributed by atoms with Crippen LogP contribution in [0.25, 0.3) is 11.5 Å². The number of halogens is 1. The van der Waals surface area contributed by atoms with Gasteiger partial charge in [-0.05, 0) is 45.0 Å². The first-order valence-corrected chi connectivity index (χ1v) is 8.51. The second kappa shape index (κ2) is 9.12. The van der Waals surface area contributed by atoms with Crippen LogP contribution in [0.5, 0.6) is 0 Å². The summed E-state index contributed by atoms with van der Waals surface area (Å²) in [5, 5.41) is 10.2. The Morgan fingerprint density at radius 3 is 2.73 bits per heavy atom. The Labute approximate surface area is 159 Å². The first-order chi connectivity index (χ1) is 12.1. The first kappa shape index (κ1) is 20.4. The summed E-state index contributed by atoms with van der Waals surface area (Å²) in [6.45, 7) is 4.85. The molecule has 0 atom stereocenters. The fraction of sp³-hybridized carbons (Fsp3) is 0.500. The highest BCUT2D eigenvalue weighted by Gasteiger charge is 2.32. The molecule has 1 aliphatic rings. The molecule has 0 aliphatic carbocycles. The molecule has 142 valence electrons. The lowest BCUT2D eigenvalue weighted by Gasteiger charge is -2.37. The normalized spacial score (nSPS) is 15.9. The molecule has 2 heterocycles. The van der Waals surface area contributed by atoms with Gasteiger partial charge in [0.25, 0.3) is 11.8 Å². The van der Waals surface area contributed by atoms with E-state index in [1.54, 1.807) is 20.1 Å². The van der Waals surface area contributed by atoms with Crippen molar-refractivity contribution in [3.05, 3.63) is 35.7 Å². The number of aromatic nitrogens is 2. The Kier molecular flexibility index (Phi) is 7.14. The molecule has 0 radical (unpaired) electrons. The van der Waals surface area contributed by atoms with Crippen LogP contribution < -0.4 is 10.6 Å². The molecule has 8 heteroatoms. The molecule has 3 rings (SSSR count). The van der Waals surface area contributed by atoms with Crippen molar-refractivity contribution in [2.45, 2.75) is 19.8 Å². The summed E-state index contributed by atoms with van der Waals surface area (Å²) >= 11 is 0. The Morgan fingerprint density at radius 1 is 1.35 bits per heavy atom. The molecule has 1 aromatic carbocycles. The number of hydrogen-bond donors (Lipinski definition) is 2. The maximum absolute atomic E-state index is 12.8. The minimum absolute atomic E-state index is 0. The summed E-state index contributed by atoms with van der Waals surface area (Å²) in [5.74, 6) is 0.760. The predicted molar refractivity (Wildman–Crippen MR) is 100 cm³/mol. The van der Waals surface area contributed by atoms with Crippen LogP contribution in [0.15, 0.2) is 28.8 Å². The molecule has 1 fully saturated rings. The van der Waals surface area contributed by atoms with Crippen LogP contribution in [0.2, 0.25) is 0 Å². The highest BCUT2D eigenvalue weighted by molar-refractivity contribution is 5.99. The second-order valence-electron chi connectivity index (χ2n) is 6.56. The highest BCUT2D eigenvalue weighted by atomic mass is 35.5. The van der Waals surface area contributed by atoms with Crippen LogP contribution in [0.3, 0.4) is 0 Å². The largest absolute Gasteiger partial charge is 0.384 e. The van der Waals surface area contributed by atoms with E-state index in [4.69, 9.17) is 9.26 Å². The van der Waals surface area contributed by atoms with Crippen LogP contribution in [0.1, 0.15) is 29.0 Å². The lowest BCUT2D eigenvalue weighted by atomic mass is 9.79. The van der Waals surface area contributed by atoms with Crippen LogP contribution in [-0.2, 0) is 4.74 Å². The Balaban J connectivity index is 0.00000243. The van der Waals surface area contributed by atoms with E-state index < -0.39 is 0 Å². The number of nitrogens with zero attached hydrogens (tertiary/aromatic N) is 2. The zero-order valence-electron chi connectivity index (χ0n) is 15.1. The number of rotatable bonds is 6. The predicted octanol–water partition coefficient (Wildman–Crippen LogP) is 2.21. The maximum atomic E-state index is 12.8. The van der Waals surface area contributed by atoms with Gasteiger partial charge in [-0.3, -0.25) is 4.79 Å². The zero-order chi connectivity index (χ0) is 17.7. The van der Waals surface area contributed by atoms with Gasteiger partial charge in [-0.1, -0.05) is 17.3 Å². The average Bonchev–Trinajstić information content (AvgIpc) is 3.07. The number of carbonyl (C=O) groups excluding carboxylic acids is 1. The van der Waals surface area contributed by atoms with E-state index in [0.717, 1.165) is 25.9 Å². The molecular formula is C18H25ClN4O3. The van der Waals surface area contributed by atoms with Crippen molar-refractivity contribution in [3.8, 4) is 11.5 Å². The van der Waals surface area contributed by atoms with E-state index in [1.165, 1.54) is 0 Å². The third-order valence-corrected chi connectivity index (χ3v) is 4.67. The number of nitrogens with one attached hydrogen (secondary N) is 2. The summed E-state index contributed by atoms with van der Waals surface area (Å²) < 4.78 is 10.6. The van der Waals surface area contributed by atoms with E-state index in [2.05, 4.69) is 20.8 Å². The zero-order valence-corrected chi connectivity index (χ0v) is 15.9. The third kappa shape index (κ3) is 4.60. The Morgan fingerprint density at radius 2 is 2.08 bits per heavy atom. The van der Waals surface area contributed by atoms with E-state index >= 15 is 0 Å². The molecule has 0 saturated carbocycles. The minimum atomic E-state index is -0.138. The van der Waals surface area contributed by atoms with Crippen LogP contribution in [0.4, 0.5) is 0 Å². The molecule has 1 aromatic heterocycles. The number of hydrogen-bond acceptors (Lipinski definition) is 6. The number of ether oxygens (including phenoxy) is 1. The SMILES string of the molecule is COCC1(CNC(=O)c2ccccc2-c2nc(C)no2)CCNCC1.Cl. The van der Waals surface area contributed by atoms with Gasteiger partial charge in [-0.2, -0.15) is 4.98 Å². The highest BCUT2D eigenvalue weighted by Crippen LogP contribution is 2.29. The van der Waals surface area contributed by atoms with Crippen molar-refractivity contribution in [2.24, 2.45) is 5.41 Å². The number of aryl methyl sites for hydroxylation is 1. The first-order valence-electron chi connectivity index (χ1n) is 8.51. The van der Waals surface area contributed by atoms with Gasteiger partial charge in [-0.25, -0.2) is 0 Å². The monoisotopic (exact) mass is 380 g/mol. The number of amides is 1. The summed E-state index contributed by atoms with van der Waals surface area (Å²) in [6, 6.07) is 7.27. The molecule has 2 N–H and O–H groups in total. The van der Waals surface area contributed by atoms with Gasteiger partial charge in [0.2, 0.25) is 0 Å². The van der Waals surface area contributed by atoms with Crippen molar-refractivity contribution in [1.82, 2.24) is 20.8 Å². The molecule has 7 nitrogen and oxygen atoms in total. The standard InChI is InChI=1S/C18H24N4O3.ClH/c1-13-21-17(25-22-13)15-6-4-3-5-14(15)16(23)20-11-18(12-24-2)7-9-19-10-8-18;/h3-6,19H,7-12H2,1-2H3,(H,20,23);1H. The molecule has 1 aliphatic heterocycles. The lowest BCUT2D eigenvalue weighted by Crippen LogP contribution is -2.47. The van der Waals surface area contributed by atoms with Gasteiger partial charge in [0.1, 0.15) is 0 Å². The smallest absolute Gasteiger partial charge is 0.258 e. The van der Waals surface area contributed by atoms with Gasteiger partial charge >= 0.3 is 0 Å². The summed E-state index contributed by atoms with van der Waals surface area (Å²) in [7, 11) is 1.71. The van der Waals surface area contributed by atoms with Crippen molar-refractivity contribution < 1.29 is 14.1 Å². The van der Waals surface area contributed by atoms with E-state index in [1.807, 2.05) is 18.2 Å². The van der Waals surface area contributed by atoms with Crippen molar-refractivity contribution >= 4 is 18.3 Å². The van der Waals surface area contributed by atoms with Crippen molar-refractivity contribution in [2.75, 3.05) is 33.4 Å². The van der Waals surface area contributed by atoms with Crippen molar-refractivity contribution in [3.63, 3.8) is 0 Å². The molecule has 26 heavy (non-hydrogen) atoms. The second-order valence-corrected chi connectivity index (χ2v) is 6.56. The summed E-state index contributed by atoms with van der Waals surface area (Å²) in [6.07, 6.45) is 1.96. The van der Waals surface area contributed by atoms with Gasteiger partial charge < -0.3 is 19.9 Å². The summed E-state index contributed by atoms with van der Waals surface area (Å²) in [5.41, 5.74) is 1.16. The van der Waals surface area contributed by atoms with Crippen LogP contribution >= 0.6 is 12.4 Å². The number of methoxy groups -OCH3 is 1. The van der Waals surface area contributed by atoms with E-state index in [-0.39, 0.29) is 23.7 Å². The quantitative estimate of drug-likeness (QED) is 0.798. The molecule has 2 aromatic rings. The van der Waals surface area contributed by atoms with Crippen molar-refractivity contribution in [1.29, 1.82) is 0 Å². The van der Waals surface area contributed by atoms with Gasteiger partial charge in [0, 0.05) is 19.1 Å². The van der Waals surface area contributed by atoms with Gasteiger partial charge in [0.15, 0.2) is 5.82 Å². The molecule has 1 amide bonds. The van der Waals surface area contributed by atoms with Crippen LogP contribution in [0, 0.1) is 12.3 Å². The third-order valence-electron chi connectivity index (χ3n) is 4.67. The lowest BCUT2D eigenvalue weighted by molar-refractivity contribution is 0.0512. The van der Waals surface area contributed by atoms with Gasteiger partial charge in [-0.15, -0.1) is 12.4 Å². The topological polar surface area (TPSA) is 89.3 Å². The molecule has 0 spiro atoms. The molecule has 0 bridgehead atoms. The average molecular weight is 381 g/mol. The van der Waals surface area contributed by atoms with Gasteiger partial charge in [0.05, 0.1) is 17.7 Å². The maximum Gasteiger partial charge on any atom is 0.258 e. The molecular weight excluding hydrogens is 356 g/mol. The van der Waals surface area contributed by atoms with E-state index in [0.29, 0.717) is 36.0 Å². The summed E-state index contributed by atoms with van der Waals surface area (Å²) in [4.78, 5) is 17.0. The van der Waals surface area contributed by atoms with E-state index in [9.17, 15) is 4.79 Å². The number of piperidine rings is 1. The fourth-order valence-electron chi connectivity index (χ4n) is 3.27. The number of carbonyl (C=O) groups is 1.